The lowest BCUT2D eigenvalue weighted by Crippen LogP contribution is -2.46. The predicted octanol–water partition coefficient (Wildman–Crippen LogP) is 3.18. The van der Waals surface area contributed by atoms with Crippen molar-refractivity contribution in [3.8, 4) is 11.5 Å². The fourth-order valence-electron chi connectivity index (χ4n) is 5.06. The van der Waals surface area contributed by atoms with E-state index >= 15 is 0 Å². The average Bonchev–Trinajstić information content (AvgIpc) is 3.29. The van der Waals surface area contributed by atoms with E-state index in [0.717, 1.165) is 29.8 Å². The molecule has 3 aliphatic rings. The van der Waals surface area contributed by atoms with Gasteiger partial charge < -0.3 is 29.9 Å². The second-order valence-corrected chi connectivity index (χ2v) is 9.73. The van der Waals surface area contributed by atoms with Crippen LogP contribution < -0.4 is 25.0 Å². The zero-order valence-corrected chi connectivity index (χ0v) is 20.5. The van der Waals surface area contributed by atoms with Gasteiger partial charge in [-0.2, -0.15) is 0 Å². The van der Waals surface area contributed by atoms with Gasteiger partial charge in [0.2, 0.25) is 11.8 Å². The van der Waals surface area contributed by atoms with E-state index in [-0.39, 0.29) is 36.1 Å². The summed E-state index contributed by atoms with van der Waals surface area (Å²) in [5.41, 5.74) is 2.60. The molecule has 2 unspecified atom stereocenters. The number of piperidine rings is 1. The molecule has 2 saturated heterocycles. The normalized spacial score (nSPS) is 21.3. The molecule has 190 valence electrons. The molecule has 5 rings (SSSR count). The summed E-state index contributed by atoms with van der Waals surface area (Å²) in [5, 5.41) is 5.77. The number of anilines is 2. The number of rotatable bonds is 5. The molecular weight excluding hydrogens is 460 g/mol. The number of likely N-dealkylation sites (tertiary alicyclic amines) is 1. The number of aryl methyl sites for hydroxylation is 1. The Labute approximate surface area is 210 Å². The minimum atomic E-state index is -0.373. The molecule has 2 N–H and O–H groups in total. The lowest BCUT2D eigenvalue weighted by molar-refractivity contribution is -0.137. The summed E-state index contributed by atoms with van der Waals surface area (Å²) in [7, 11) is 0. The van der Waals surface area contributed by atoms with Crippen LogP contribution in [0.25, 0.3) is 0 Å². The van der Waals surface area contributed by atoms with Crippen molar-refractivity contribution >= 4 is 29.2 Å². The monoisotopic (exact) mass is 492 g/mol. The highest BCUT2D eigenvalue weighted by molar-refractivity contribution is 6.00. The number of carbonyl (C=O) groups excluding carboxylic acids is 3. The molecule has 3 aliphatic heterocycles. The van der Waals surface area contributed by atoms with Crippen molar-refractivity contribution in [3.63, 3.8) is 0 Å². The first kappa shape index (κ1) is 24.0. The summed E-state index contributed by atoms with van der Waals surface area (Å²) in [6, 6.07) is 12.8. The Hall–Kier alpha value is -3.75. The molecule has 0 aliphatic carbocycles. The number of benzene rings is 2. The first-order chi connectivity index (χ1) is 17.5. The van der Waals surface area contributed by atoms with E-state index in [9.17, 15) is 14.4 Å². The fourth-order valence-corrected chi connectivity index (χ4v) is 5.06. The van der Waals surface area contributed by atoms with Crippen LogP contribution >= 0.6 is 0 Å². The largest absolute Gasteiger partial charge is 0.486 e. The van der Waals surface area contributed by atoms with E-state index in [4.69, 9.17) is 9.47 Å². The van der Waals surface area contributed by atoms with E-state index in [1.54, 1.807) is 4.90 Å². The third-order valence-electron chi connectivity index (χ3n) is 7.00. The summed E-state index contributed by atoms with van der Waals surface area (Å²) in [6.07, 6.45) is 2.03. The third-order valence-corrected chi connectivity index (χ3v) is 7.00. The van der Waals surface area contributed by atoms with Gasteiger partial charge in [0.1, 0.15) is 13.2 Å². The summed E-state index contributed by atoms with van der Waals surface area (Å²) in [6.45, 7) is 5.10. The smallest absolute Gasteiger partial charge is 0.319 e. The number of nitrogens with one attached hydrogen (secondary N) is 2. The topological polar surface area (TPSA) is 100 Å². The molecule has 2 aromatic rings. The van der Waals surface area contributed by atoms with Crippen LogP contribution in [0.4, 0.5) is 16.2 Å². The molecule has 36 heavy (non-hydrogen) atoms. The van der Waals surface area contributed by atoms with Gasteiger partial charge in [-0.15, -0.1) is 0 Å². The van der Waals surface area contributed by atoms with Gasteiger partial charge >= 0.3 is 6.03 Å². The number of fused-ring (bicyclic) bond motifs is 1. The number of hydrogen-bond donors (Lipinski definition) is 2. The van der Waals surface area contributed by atoms with Crippen molar-refractivity contribution < 1.29 is 23.9 Å². The molecule has 0 spiro atoms. The third kappa shape index (κ3) is 5.40. The van der Waals surface area contributed by atoms with Crippen molar-refractivity contribution in [2.75, 3.05) is 49.6 Å². The summed E-state index contributed by atoms with van der Waals surface area (Å²) < 4.78 is 11.2. The van der Waals surface area contributed by atoms with Crippen LogP contribution in [0.3, 0.4) is 0 Å². The summed E-state index contributed by atoms with van der Waals surface area (Å²) in [4.78, 5) is 41.9. The Bertz CT molecular complexity index is 1140. The minimum Gasteiger partial charge on any atom is -0.486 e. The fraction of sp³-hybridized carbons (Fsp3) is 0.444. The Balaban J connectivity index is 1.13. The van der Waals surface area contributed by atoms with Crippen LogP contribution in [0.1, 0.15) is 24.8 Å². The number of nitrogens with zero attached hydrogens (tertiary/aromatic N) is 2. The standard InChI is InChI=1S/C27H32N4O5/c1-18-4-6-21(7-5-18)29-27(34)28-15-19-3-2-10-30(16-19)26(33)20-13-25(32)31(17-20)22-8-9-23-24(14-22)36-12-11-35-23/h4-9,14,19-20H,2-3,10-13,15-17H2,1H3,(H2,28,29,34). The SMILES string of the molecule is Cc1ccc(NC(=O)NCC2CCCN(C(=O)C3CC(=O)N(c4ccc5c(c4)OCCO5)C3)C2)cc1. The van der Waals surface area contributed by atoms with Crippen LogP contribution in [-0.2, 0) is 9.59 Å². The average molecular weight is 493 g/mol. The van der Waals surface area contributed by atoms with Crippen LogP contribution in [0.5, 0.6) is 11.5 Å². The molecule has 0 bridgehead atoms. The van der Waals surface area contributed by atoms with Crippen LogP contribution in [0.15, 0.2) is 42.5 Å². The van der Waals surface area contributed by atoms with Gasteiger partial charge in [0.15, 0.2) is 11.5 Å². The Kier molecular flexibility index (Phi) is 6.97. The van der Waals surface area contributed by atoms with Crippen molar-refractivity contribution in [2.45, 2.75) is 26.2 Å². The molecule has 2 aromatic carbocycles. The number of urea groups is 1. The summed E-state index contributed by atoms with van der Waals surface area (Å²) >= 11 is 0. The number of carbonyl (C=O) groups is 3. The quantitative estimate of drug-likeness (QED) is 0.668. The van der Waals surface area contributed by atoms with E-state index < -0.39 is 0 Å². The molecule has 0 saturated carbocycles. The van der Waals surface area contributed by atoms with Crippen molar-refractivity contribution in [1.29, 1.82) is 0 Å². The van der Waals surface area contributed by atoms with Crippen LogP contribution in [-0.4, -0.2) is 62.1 Å². The number of amides is 4. The molecule has 4 amide bonds. The Morgan fingerprint density at radius 2 is 1.81 bits per heavy atom. The highest BCUT2D eigenvalue weighted by Gasteiger charge is 2.38. The predicted molar refractivity (Wildman–Crippen MR) is 135 cm³/mol. The van der Waals surface area contributed by atoms with E-state index in [1.165, 1.54) is 0 Å². The lowest BCUT2D eigenvalue weighted by atomic mass is 9.96. The van der Waals surface area contributed by atoms with E-state index in [1.807, 2.05) is 54.3 Å². The van der Waals surface area contributed by atoms with Gasteiger partial charge in [0.25, 0.3) is 0 Å². The van der Waals surface area contributed by atoms with Crippen molar-refractivity contribution in [2.24, 2.45) is 11.8 Å². The van der Waals surface area contributed by atoms with Crippen LogP contribution in [0.2, 0.25) is 0 Å². The van der Waals surface area contributed by atoms with Gasteiger partial charge in [-0.3, -0.25) is 9.59 Å². The van der Waals surface area contributed by atoms with Gasteiger partial charge in [-0.25, -0.2) is 4.79 Å². The zero-order valence-electron chi connectivity index (χ0n) is 20.5. The van der Waals surface area contributed by atoms with Crippen molar-refractivity contribution in [3.05, 3.63) is 48.0 Å². The molecule has 0 aromatic heterocycles. The maximum Gasteiger partial charge on any atom is 0.319 e. The number of ether oxygens (including phenoxy) is 2. The molecule has 2 fully saturated rings. The molecular formula is C27H32N4O5. The number of hydrogen-bond acceptors (Lipinski definition) is 5. The molecule has 9 heteroatoms. The van der Waals surface area contributed by atoms with Gasteiger partial charge in [0, 0.05) is 50.0 Å². The second-order valence-electron chi connectivity index (χ2n) is 9.73. The van der Waals surface area contributed by atoms with Gasteiger partial charge in [-0.1, -0.05) is 17.7 Å². The van der Waals surface area contributed by atoms with Crippen molar-refractivity contribution in [1.82, 2.24) is 10.2 Å². The Morgan fingerprint density at radius 1 is 1.03 bits per heavy atom. The lowest BCUT2D eigenvalue weighted by Gasteiger charge is -2.34. The van der Waals surface area contributed by atoms with E-state index in [0.29, 0.717) is 50.9 Å². The first-order valence-electron chi connectivity index (χ1n) is 12.6. The van der Waals surface area contributed by atoms with Gasteiger partial charge in [-0.05, 0) is 49.9 Å². The molecule has 9 nitrogen and oxygen atoms in total. The van der Waals surface area contributed by atoms with E-state index in [2.05, 4.69) is 10.6 Å². The summed E-state index contributed by atoms with van der Waals surface area (Å²) in [5.74, 6) is 1.05. The maximum atomic E-state index is 13.3. The first-order valence-corrected chi connectivity index (χ1v) is 12.6. The highest BCUT2D eigenvalue weighted by Crippen LogP contribution is 2.36. The second kappa shape index (κ2) is 10.5. The molecule has 2 atom stereocenters. The van der Waals surface area contributed by atoms with Gasteiger partial charge in [0.05, 0.1) is 5.92 Å². The zero-order chi connectivity index (χ0) is 25.1. The highest BCUT2D eigenvalue weighted by atomic mass is 16.6. The maximum absolute atomic E-state index is 13.3. The molecule has 0 radical (unpaired) electrons. The minimum absolute atomic E-state index is 0.0113. The van der Waals surface area contributed by atoms with Crippen LogP contribution in [0, 0.1) is 18.8 Å². The Morgan fingerprint density at radius 3 is 2.61 bits per heavy atom. The molecule has 3 heterocycles.